The van der Waals surface area contributed by atoms with Crippen molar-refractivity contribution < 1.29 is 4.43 Å². The standard InChI is InChI=1S/C28H54OSi/c1-8-11-25-14-16-26(17-15-25)12-9-10-13-27-18-20-28(21-19-27)29-30(22(2)3,23(4)5)24(6)7/h9,12,22-28H,8,10-11,13-21H2,1-7H3/t25-,26-,27?,28?. The molecule has 0 aromatic heterocycles. The van der Waals surface area contributed by atoms with E-state index in [2.05, 4.69) is 60.6 Å². The van der Waals surface area contributed by atoms with Crippen LogP contribution in [0.3, 0.4) is 0 Å². The second-order valence-electron chi connectivity index (χ2n) is 11.7. The molecule has 2 heteroatoms. The molecule has 0 aromatic carbocycles. The van der Waals surface area contributed by atoms with Gasteiger partial charge < -0.3 is 4.43 Å². The Kier molecular flexibility index (Phi) is 11.2. The van der Waals surface area contributed by atoms with Crippen molar-refractivity contribution in [2.45, 2.75) is 148 Å². The Morgan fingerprint density at radius 3 is 1.73 bits per heavy atom. The lowest BCUT2D eigenvalue weighted by Gasteiger charge is -2.46. The van der Waals surface area contributed by atoms with Crippen LogP contribution >= 0.6 is 0 Å². The van der Waals surface area contributed by atoms with Crippen molar-refractivity contribution in [3.63, 3.8) is 0 Å². The Labute approximate surface area is 191 Å². The predicted octanol–water partition coefficient (Wildman–Crippen LogP) is 9.68. The number of hydrogen-bond donors (Lipinski definition) is 0. The Balaban J connectivity index is 1.69. The number of hydrogen-bond acceptors (Lipinski definition) is 1. The van der Waals surface area contributed by atoms with Crippen LogP contribution in [0.4, 0.5) is 0 Å². The molecule has 0 spiro atoms. The molecule has 176 valence electrons. The van der Waals surface area contributed by atoms with E-state index in [0.29, 0.717) is 22.7 Å². The Morgan fingerprint density at radius 2 is 1.23 bits per heavy atom. The van der Waals surface area contributed by atoms with Crippen molar-refractivity contribution in [2.75, 3.05) is 0 Å². The Bertz CT molecular complexity index is 457. The zero-order valence-corrected chi connectivity index (χ0v) is 22.6. The molecular formula is C28H54OSi. The van der Waals surface area contributed by atoms with E-state index in [4.69, 9.17) is 4.43 Å². The number of allylic oxidation sites excluding steroid dienone is 2. The van der Waals surface area contributed by atoms with Gasteiger partial charge in [0.15, 0.2) is 0 Å². The minimum Gasteiger partial charge on any atom is -0.413 e. The van der Waals surface area contributed by atoms with Gasteiger partial charge in [-0.05, 0) is 98.6 Å². The van der Waals surface area contributed by atoms with E-state index in [1.165, 1.54) is 77.0 Å². The molecule has 0 aliphatic heterocycles. The lowest BCUT2D eigenvalue weighted by Crippen LogP contribution is -2.50. The van der Waals surface area contributed by atoms with E-state index < -0.39 is 8.32 Å². The summed E-state index contributed by atoms with van der Waals surface area (Å²) in [6.45, 7) is 16.8. The first-order chi connectivity index (χ1) is 14.3. The van der Waals surface area contributed by atoms with Gasteiger partial charge in [-0.1, -0.05) is 73.5 Å². The maximum absolute atomic E-state index is 7.07. The van der Waals surface area contributed by atoms with Crippen molar-refractivity contribution in [3.8, 4) is 0 Å². The summed E-state index contributed by atoms with van der Waals surface area (Å²) in [4.78, 5) is 0. The molecule has 2 fully saturated rings. The molecule has 0 N–H and O–H groups in total. The van der Waals surface area contributed by atoms with Gasteiger partial charge in [0.05, 0.1) is 0 Å². The molecule has 2 saturated carbocycles. The first-order valence-corrected chi connectivity index (χ1v) is 15.8. The second kappa shape index (κ2) is 12.8. The lowest BCUT2D eigenvalue weighted by molar-refractivity contribution is 0.110. The molecule has 2 aliphatic carbocycles. The Morgan fingerprint density at radius 1 is 0.733 bits per heavy atom. The van der Waals surface area contributed by atoms with Crippen LogP contribution in [0.5, 0.6) is 0 Å². The fraction of sp³-hybridized carbons (Fsp3) is 0.929. The molecule has 30 heavy (non-hydrogen) atoms. The van der Waals surface area contributed by atoms with Crippen LogP contribution in [0.15, 0.2) is 12.2 Å². The van der Waals surface area contributed by atoms with Gasteiger partial charge in [-0.25, -0.2) is 0 Å². The zero-order chi connectivity index (χ0) is 22.1. The van der Waals surface area contributed by atoms with Gasteiger partial charge in [-0.3, -0.25) is 0 Å². The van der Waals surface area contributed by atoms with E-state index in [0.717, 1.165) is 17.8 Å². The first-order valence-electron chi connectivity index (χ1n) is 13.6. The summed E-state index contributed by atoms with van der Waals surface area (Å²) in [6, 6.07) is 0. The van der Waals surface area contributed by atoms with Crippen molar-refractivity contribution >= 4 is 8.32 Å². The summed E-state index contributed by atoms with van der Waals surface area (Å²) in [6.07, 6.45) is 22.4. The summed E-state index contributed by atoms with van der Waals surface area (Å²) >= 11 is 0. The third-order valence-corrected chi connectivity index (χ3v) is 14.8. The monoisotopic (exact) mass is 434 g/mol. The minimum atomic E-state index is -1.71. The first kappa shape index (κ1) is 26.2. The van der Waals surface area contributed by atoms with Crippen LogP contribution in [0.1, 0.15) is 126 Å². The minimum absolute atomic E-state index is 0.536. The smallest absolute Gasteiger partial charge is 0.200 e. The average molecular weight is 435 g/mol. The van der Waals surface area contributed by atoms with Crippen LogP contribution in [0.25, 0.3) is 0 Å². The molecule has 2 aliphatic rings. The maximum atomic E-state index is 7.07. The van der Waals surface area contributed by atoms with Crippen LogP contribution in [-0.4, -0.2) is 14.4 Å². The summed E-state index contributed by atoms with van der Waals surface area (Å²) < 4.78 is 7.07. The third kappa shape index (κ3) is 7.22. The molecule has 0 amide bonds. The van der Waals surface area contributed by atoms with Gasteiger partial charge in [0, 0.05) is 6.10 Å². The molecule has 0 bridgehead atoms. The van der Waals surface area contributed by atoms with Gasteiger partial charge in [-0.2, -0.15) is 0 Å². The fourth-order valence-electron chi connectivity index (χ4n) is 6.93. The molecule has 0 aromatic rings. The zero-order valence-electron chi connectivity index (χ0n) is 21.6. The van der Waals surface area contributed by atoms with E-state index in [9.17, 15) is 0 Å². The van der Waals surface area contributed by atoms with Gasteiger partial charge in [0.1, 0.15) is 0 Å². The molecule has 0 radical (unpaired) electrons. The molecule has 2 rings (SSSR count). The van der Waals surface area contributed by atoms with Crippen molar-refractivity contribution in [1.29, 1.82) is 0 Å². The number of rotatable bonds is 11. The molecule has 1 nitrogen and oxygen atoms in total. The normalized spacial score (nSPS) is 28.9. The maximum Gasteiger partial charge on any atom is 0.200 e. The molecular weight excluding hydrogens is 380 g/mol. The van der Waals surface area contributed by atoms with Crippen molar-refractivity contribution in [3.05, 3.63) is 12.2 Å². The summed E-state index contributed by atoms with van der Waals surface area (Å²) in [5.74, 6) is 2.84. The largest absolute Gasteiger partial charge is 0.413 e. The van der Waals surface area contributed by atoms with Crippen LogP contribution < -0.4 is 0 Å². The summed E-state index contributed by atoms with van der Waals surface area (Å²) in [5.41, 5.74) is 2.12. The van der Waals surface area contributed by atoms with Crippen molar-refractivity contribution in [2.24, 2.45) is 17.8 Å². The predicted molar refractivity (Wildman–Crippen MR) is 137 cm³/mol. The average Bonchev–Trinajstić information content (AvgIpc) is 2.71. The van der Waals surface area contributed by atoms with Crippen LogP contribution in [0, 0.1) is 17.8 Å². The van der Waals surface area contributed by atoms with E-state index in [-0.39, 0.29) is 0 Å². The molecule has 0 heterocycles. The highest BCUT2D eigenvalue weighted by molar-refractivity contribution is 6.77. The topological polar surface area (TPSA) is 9.23 Å². The van der Waals surface area contributed by atoms with Gasteiger partial charge in [-0.15, -0.1) is 0 Å². The highest BCUT2D eigenvalue weighted by Gasteiger charge is 2.46. The third-order valence-electron chi connectivity index (χ3n) is 8.61. The van der Waals surface area contributed by atoms with Crippen molar-refractivity contribution in [1.82, 2.24) is 0 Å². The highest BCUT2D eigenvalue weighted by atomic mass is 28.4. The highest BCUT2D eigenvalue weighted by Crippen LogP contribution is 2.45. The Hall–Kier alpha value is -0.0831. The van der Waals surface area contributed by atoms with Gasteiger partial charge in [0.25, 0.3) is 0 Å². The summed E-state index contributed by atoms with van der Waals surface area (Å²) in [5, 5.41) is 0. The fourth-order valence-corrected chi connectivity index (χ4v) is 12.6. The second-order valence-corrected chi connectivity index (χ2v) is 17.1. The molecule has 0 atom stereocenters. The van der Waals surface area contributed by atoms with Crippen LogP contribution in [-0.2, 0) is 4.43 Å². The van der Waals surface area contributed by atoms with Crippen LogP contribution in [0.2, 0.25) is 16.6 Å². The van der Waals surface area contributed by atoms with Gasteiger partial charge >= 0.3 is 0 Å². The van der Waals surface area contributed by atoms with E-state index in [1.54, 1.807) is 0 Å². The SMILES string of the molecule is CCC[C@H]1CC[C@H](C=CCCC2CCC(O[Si](C(C)C)(C(C)C)C(C)C)CC2)CC1. The lowest BCUT2D eigenvalue weighted by atomic mass is 9.80. The quantitative estimate of drug-likeness (QED) is 0.232. The molecule has 0 saturated heterocycles. The van der Waals surface area contributed by atoms with E-state index >= 15 is 0 Å². The van der Waals surface area contributed by atoms with Gasteiger partial charge in [0.2, 0.25) is 8.32 Å². The summed E-state index contributed by atoms with van der Waals surface area (Å²) in [7, 11) is -1.71. The van der Waals surface area contributed by atoms with E-state index in [1.807, 2.05) is 0 Å². The molecule has 0 unspecified atom stereocenters.